The molecule has 0 bridgehead atoms. The molecule has 0 unspecified atom stereocenters. The van der Waals surface area contributed by atoms with E-state index in [1.165, 1.54) is 0 Å². The van der Waals surface area contributed by atoms with Gasteiger partial charge in [0.2, 0.25) is 0 Å². The van der Waals surface area contributed by atoms with E-state index in [4.69, 9.17) is 14.7 Å². The predicted octanol–water partition coefficient (Wildman–Crippen LogP) is 5.48. The van der Waals surface area contributed by atoms with Crippen LogP contribution in [0.1, 0.15) is 61.3 Å². The molecule has 0 saturated carbocycles. The van der Waals surface area contributed by atoms with E-state index in [-0.39, 0.29) is 29.3 Å². The molecule has 1 rings (SSSR count). The number of nitrogens with zero attached hydrogens (tertiary/aromatic N) is 4. The molecule has 7 nitrogen and oxygen atoms in total. The van der Waals surface area contributed by atoms with Gasteiger partial charge in [0.15, 0.2) is 8.32 Å². The topological polar surface area (TPSA) is 87.5 Å². The summed E-state index contributed by atoms with van der Waals surface area (Å²) in [6.07, 6.45) is 0.869. The van der Waals surface area contributed by atoms with Gasteiger partial charge in [-0.25, -0.2) is 4.79 Å². The Balaban J connectivity index is 3.15. The van der Waals surface area contributed by atoms with Gasteiger partial charge >= 0.3 is 6.09 Å². The number of ether oxygens (including phenoxy) is 1. The van der Waals surface area contributed by atoms with Gasteiger partial charge in [0.1, 0.15) is 5.60 Å². The van der Waals surface area contributed by atoms with Crippen LogP contribution in [0.4, 0.5) is 4.79 Å². The smallest absolute Gasteiger partial charge is 0.410 e. The van der Waals surface area contributed by atoms with Crippen molar-refractivity contribution in [3.8, 4) is 0 Å². The summed E-state index contributed by atoms with van der Waals surface area (Å²) in [5, 5.41) is 4.03. The molecule has 26 heavy (non-hydrogen) atoms. The lowest BCUT2D eigenvalue weighted by atomic mass is 10.0. The minimum atomic E-state index is -2.02. The van der Waals surface area contributed by atoms with Gasteiger partial charge in [0.25, 0.3) is 0 Å². The number of hydrogen-bond acceptors (Lipinski definition) is 4. The van der Waals surface area contributed by atoms with Crippen molar-refractivity contribution in [2.45, 2.75) is 103 Å². The van der Waals surface area contributed by atoms with Crippen LogP contribution in [0.5, 0.6) is 0 Å². The quantitative estimate of drug-likeness (QED) is 0.272. The lowest BCUT2D eigenvalue weighted by Gasteiger charge is -2.41. The van der Waals surface area contributed by atoms with E-state index < -0.39 is 13.9 Å². The fourth-order valence-corrected chi connectivity index (χ4v) is 4.29. The zero-order valence-corrected chi connectivity index (χ0v) is 18.9. The van der Waals surface area contributed by atoms with Crippen LogP contribution < -0.4 is 0 Å². The van der Waals surface area contributed by atoms with E-state index in [1.807, 2.05) is 27.7 Å². The molecule has 0 N–H and O–H groups in total. The summed E-state index contributed by atoms with van der Waals surface area (Å²) in [4.78, 5) is 17.4. The molecule has 8 heteroatoms. The van der Waals surface area contributed by atoms with Crippen LogP contribution in [0.25, 0.3) is 10.4 Å². The van der Waals surface area contributed by atoms with Gasteiger partial charge < -0.3 is 14.1 Å². The maximum atomic E-state index is 12.7. The standard InChI is InChI=1S/C18H36N4O3Si/c1-10-13(20-21-19)15-14(25-26(8,9)18(5,6)7)11-12-22(15)16(23)24-17(2,3)4/h13-15H,10-12H2,1-9H3/t13-,14+,15-/m1/s1. The monoisotopic (exact) mass is 384 g/mol. The molecule has 1 heterocycles. The van der Waals surface area contributed by atoms with Gasteiger partial charge in [-0.05, 0) is 57.3 Å². The van der Waals surface area contributed by atoms with Crippen LogP contribution in [0.2, 0.25) is 18.1 Å². The Hall–Kier alpha value is -1.24. The minimum absolute atomic E-state index is 0.0666. The van der Waals surface area contributed by atoms with Crippen molar-refractivity contribution >= 4 is 14.4 Å². The Morgan fingerprint density at radius 2 is 1.88 bits per heavy atom. The van der Waals surface area contributed by atoms with Crippen molar-refractivity contribution in [1.29, 1.82) is 0 Å². The lowest BCUT2D eigenvalue weighted by Crippen LogP contribution is -2.52. The fourth-order valence-electron chi connectivity index (χ4n) is 2.92. The van der Waals surface area contributed by atoms with Gasteiger partial charge in [0.05, 0.1) is 18.2 Å². The Morgan fingerprint density at radius 3 is 2.31 bits per heavy atom. The highest BCUT2D eigenvalue weighted by Crippen LogP contribution is 2.40. The van der Waals surface area contributed by atoms with E-state index in [0.717, 1.165) is 6.42 Å². The highest BCUT2D eigenvalue weighted by atomic mass is 28.4. The first-order valence-electron chi connectivity index (χ1n) is 9.45. The van der Waals surface area contributed by atoms with E-state index in [2.05, 4.69) is 43.9 Å². The van der Waals surface area contributed by atoms with Crippen LogP contribution in [0, 0.1) is 0 Å². The summed E-state index contributed by atoms with van der Waals surface area (Å²) in [6, 6.07) is -0.621. The number of rotatable bonds is 5. The van der Waals surface area contributed by atoms with Crippen LogP contribution in [-0.4, -0.2) is 49.6 Å². The third-order valence-corrected chi connectivity index (χ3v) is 9.79. The average Bonchev–Trinajstić information content (AvgIpc) is 2.84. The van der Waals surface area contributed by atoms with E-state index in [9.17, 15) is 4.79 Å². The zero-order chi connectivity index (χ0) is 20.3. The van der Waals surface area contributed by atoms with Gasteiger partial charge in [-0.1, -0.05) is 32.8 Å². The van der Waals surface area contributed by atoms with Gasteiger partial charge in [-0.3, -0.25) is 0 Å². The van der Waals surface area contributed by atoms with E-state index in [1.54, 1.807) is 4.90 Å². The predicted molar refractivity (Wildman–Crippen MR) is 107 cm³/mol. The van der Waals surface area contributed by atoms with Crippen molar-refractivity contribution < 1.29 is 14.0 Å². The first kappa shape index (κ1) is 22.8. The van der Waals surface area contributed by atoms with Crippen LogP contribution >= 0.6 is 0 Å². The number of amides is 1. The molecule has 0 aliphatic carbocycles. The largest absolute Gasteiger partial charge is 0.444 e. The summed E-state index contributed by atoms with van der Waals surface area (Å²) in [5.74, 6) is 0. The molecule has 1 aliphatic rings. The Labute approximate surface area is 159 Å². The Kier molecular flexibility index (Phi) is 7.18. The molecule has 0 spiro atoms. The van der Waals surface area contributed by atoms with E-state index in [0.29, 0.717) is 13.0 Å². The summed E-state index contributed by atoms with van der Waals surface area (Å²) in [6.45, 7) is 19.1. The molecule has 1 aliphatic heterocycles. The first-order chi connectivity index (χ1) is 11.7. The summed E-state index contributed by atoms with van der Waals surface area (Å²) in [5.41, 5.74) is 8.41. The van der Waals surface area contributed by atoms with Crippen molar-refractivity contribution in [1.82, 2.24) is 4.90 Å². The second-order valence-electron chi connectivity index (χ2n) is 9.55. The number of carbonyl (C=O) groups excluding carboxylic acids is 1. The molecule has 0 aromatic carbocycles. The molecule has 1 amide bonds. The van der Waals surface area contributed by atoms with Crippen molar-refractivity contribution in [3.63, 3.8) is 0 Å². The lowest BCUT2D eigenvalue weighted by molar-refractivity contribution is 0.0129. The number of azide groups is 1. The molecule has 1 fully saturated rings. The molecular weight excluding hydrogens is 348 g/mol. The summed E-state index contributed by atoms with van der Waals surface area (Å²) in [7, 11) is -2.02. The molecular formula is C18H36N4O3Si. The zero-order valence-electron chi connectivity index (χ0n) is 17.9. The van der Waals surface area contributed by atoms with Crippen LogP contribution in [0.3, 0.4) is 0 Å². The Bertz CT molecular complexity index is 548. The highest BCUT2D eigenvalue weighted by molar-refractivity contribution is 6.74. The third kappa shape index (κ3) is 5.63. The third-order valence-electron chi connectivity index (χ3n) is 5.29. The SMILES string of the molecule is CC[C@@H](N=[N+]=[N-])[C@@H]1[C@@H](O[Si](C)(C)C(C)(C)C)CCN1C(=O)OC(C)(C)C. The molecule has 0 aromatic rings. The number of hydrogen-bond donors (Lipinski definition) is 0. The van der Waals surface area contributed by atoms with E-state index >= 15 is 0 Å². The van der Waals surface area contributed by atoms with Crippen molar-refractivity contribution in [3.05, 3.63) is 10.4 Å². The van der Waals surface area contributed by atoms with Crippen LogP contribution in [0.15, 0.2) is 5.11 Å². The highest BCUT2D eigenvalue weighted by Gasteiger charge is 2.48. The fraction of sp³-hybridized carbons (Fsp3) is 0.944. The average molecular weight is 385 g/mol. The maximum absolute atomic E-state index is 12.7. The molecule has 150 valence electrons. The van der Waals surface area contributed by atoms with Crippen LogP contribution in [-0.2, 0) is 9.16 Å². The normalized spacial score (nSPS) is 22.7. The van der Waals surface area contributed by atoms with Crippen molar-refractivity contribution in [2.75, 3.05) is 6.54 Å². The molecule has 3 atom stereocenters. The number of likely N-dealkylation sites (tertiary alicyclic amines) is 1. The van der Waals surface area contributed by atoms with Gasteiger partial charge in [0, 0.05) is 11.5 Å². The summed E-state index contributed by atoms with van der Waals surface area (Å²) >= 11 is 0. The second-order valence-corrected chi connectivity index (χ2v) is 14.3. The molecule has 1 saturated heterocycles. The maximum Gasteiger partial charge on any atom is 0.410 e. The minimum Gasteiger partial charge on any atom is -0.444 e. The molecule has 0 aromatic heterocycles. The first-order valence-corrected chi connectivity index (χ1v) is 12.4. The number of carbonyl (C=O) groups is 1. The Morgan fingerprint density at radius 1 is 1.31 bits per heavy atom. The second kappa shape index (κ2) is 8.19. The van der Waals surface area contributed by atoms with Gasteiger partial charge in [-0.15, -0.1) is 0 Å². The summed E-state index contributed by atoms with van der Waals surface area (Å²) < 4.78 is 12.2. The molecule has 0 radical (unpaired) electrons. The van der Waals surface area contributed by atoms with Crippen molar-refractivity contribution in [2.24, 2.45) is 5.11 Å². The van der Waals surface area contributed by atoms with Gasteiger partial charge in [-0.2, -0.15) is 0 Å².